The van der Waals surface area contributed by atoms with Crippen LogP contribution in [0.3, 0.4) is 0 Å². The summed E-state index contributed by atoms with van der Waals surface area (Å²) in [6, 6.07) is 3.64. The predicted molar refractivity (Wildman–Crippen MR) is 111 cm³/mol. The number of thiazole rings is 1. The second-order valence-corrected chi connectivity index (χ2v) is 7.50. The van der Waals surface area contributed by atoms with E-state index < -0.39 is 0 Å². The van der Waals surface area contributed by atoms with Gasteiger partial charge in [0, 0.05) is 32.3 Å². The maximum absolute atomic E-state index is 12.0. The molecule has 0 atom stereocenters. The Kier molecular flexibility index (Phi) is 7.36. The van der Waals surface area contributed by atoms with Crippen molar-refractivity contribution in [3.63, 3.8) is 0 Å². The molecule has 0 unspecified atom stereocenters. The summed E-state index contributed by atoms with van der Waals surface area (Å²) >= 11 is 1.42. The molecule has 10 heteroatoms. The van der Waals surface area contributed by atoms with Crippen molar-refractivity contribution in [2.75, 3.05) is 50.2 Å². The quantitative estimate of drug-likeness (QED) is 0.524. The molecule has 2 aromatic heterocycles. The highest BCUT2D eigenvalue weighted by molar-refractivity contribution is 7.19. The number of morpholine rings is 1. The zero-order valence-corrected chi connectivity index (χ0v) is 17.4. The fourth-order valence-electron chi connectivity index (χ4n) is 2.92. The number of pyridine rings is 1. The molecule has 3 heterocycles. The second kappa shape index (κ2) is 10.2. The molecule has 156 valence electrons. The third-order valence-electron chi connectivity index (χ3n) is 4.43. The molecular formula is C19H25N5O4S. The average molecular weight is 420 g/mol. The minimum Gasteiger partial charge on any atom is -0.469 e. The molecule has 9 nitrogen and oxygen atoms in total. The van der Waals surface area contributed by atoms with Crippen LogP contribution in [0.4, 0.5) is 15.7 Å². The van der Waals surface area contributed by atoms with E-state index in [9.17, 15) is 9.59 Å². The highest BCUT2D eigenvalue weighted by atomic mass is 32.1. The van der Waals surface area contributed by atoms with Crippen LogP contribution in [0.1, 0.15) is 18.5 Å². The third kappa shape index (κ3) is 5.88. The average Bonchev–Trinajstić information content (AvgIpc) is 3.11. The van der Waals surface area contributed by atoms with E-state index in [0.29, 0.717) is 31.3 Å². The first-order valence-electron chi connectivity index (χ1n) is 9.45. The normalized spacial score (nSPS) is 13.8. The van der Waals surface area contributed by atoms with Gasteiger partial charge in [0.1, 0.15) is 5.82 Å². The van der Waals surface area contributed by atoms with Gasteiger partial charge in [-0.3, -0.25) is 10.1 Å². The van der Waals surface area contributed by atoms with E-state index in [4.69, 9.17) is 4.74 Å². The summed E-state index contributed by atoms with van der Waals surface area (Å²) in [5.74, 6) is 0.623. The number of nitrogens with one attached hydrogen (secondary N) is 2. The third-order valence-corrected chi connectivity index (χ3v) is 5.55. The lowest BCUT2D eigenvalue weighted by atomic mass is 10.2. The second-order valence-electron chi connectivity index (χ2n) is 6.50. The molecule has 0 bridgehead atoms. The number of amides is 2. The van der Waals surface area contributed by atoms with E-state index in [1.807, 2.05) is 19.1 Å². The summed E-state index contributed by atoms with van der Waals surface area (Å²) in [7, 11) is 1.34. The number of hydrogen-bond donors (Lipinski definition) is 2. The highest BCUT2D eigenvalue weighted by Gasteiger charge is 2.16. The predicted octanol–water partition coefficient (Wildman–Crippen LogP) is 2.42. The van der Waals surface area contributed by atoms with E-state index in [1.54, 1.807) is 6.20 Å². The van der Waals surface area contributed by atoms with Crippen molar-refractivity contribution >= 4 is 34.3 Å². The Morgan fingerprint density at radius 1 is 1.34 bits per heavy atom. The van der Waals surface area contributed by atoms with Crippen LogP contribution in [0.15, 0.2) is 18.3 Å². The van der Waals surface area contributed by atoms with Gasteiger partial charge in [0.05, 0.1) is 30.9 Å². The number of ether oxygens (including phenoxy) is 2. The maximum atomic E-state index is 12.0. The van der Waals surface area contributed by atoms with Crippen molar-refractivity contribution in [2.24, 2.45) is 0 Å². The highest BCUT2D eigenvalue weighted by Crippen LogP contribution is 2.34. The van der Waals surface area contributed by atoms with Crippen molar-refractivity contribution in [2.45, 2.75) is 19.8 Å². The van der Waals surface area contributed by atoms with E-state index in [-0.39, 0.29) is 18.4 Å². The van der Waals surface area contributed by atoms with Gasteiger partial charge < -0.3 is 19.7 Å². The van der Waals surface area contributed by atoms with Gasteiger partial charge in [0.2, 0.25) is 0 Å². The van der Waals surface area contributed by atoms with Crippen molar-refractivity contribution in [3.05, 3.63) is 24.0 Å². The molecule has 3 rings (SSSR count). The number of rotatable bonds is 7. The van der Waals surface area contributed by atoms with E-state index >= 15 is 0 Å². The summed E-state index contributed by atoms with van der Waals surface area (Å²) in [4.78, 5) is 35.2. The molecule has 0 spiro atoms. The number of esters is 1. The number of anilines is 2. The van der Waals surface area contributed by atoms with Crippen molar-refractivity contribution in [1.29, 1.82) is 0 Å². The first kappa shape index (κ1) is 21.0. The standard InChI is InChI=1S/C19H25N5O4S/c1-13-17(14-5-7-20-15(12-14)24-8-10-28-11-9-24)29-19(22-13)23-18(26)21-6-3-4-16(25)27-2/h5,7,12H,3-4,6,8-11H2,1-2H3,(H2,21,22,23,26). The summed E-state index contributed by atoms with van der Waals surface area (Å²) in [5, 5.41) is 5.98. The lowest BCUT2D eigenvalue weighted by Gasteiger charge is -2.27. The number of hydrogen-bond acceptors (Lipinski definition) is 8. The lowest BCUT2D eigenvalue weighted by Crippen LogP contribution is -2.36. The SMILES string of the molecule is COC(=O)CCCNC(=O)Nc1nc(C)c(-c2ccnc(N3CCOCC3)c2)s1. The number of aryl methyl sites for hydroxylation is 1. The van der Waals surface area contributed by atoms with Crippen LogP contribution in [0.2, 0.25) is 0 Å². The van der Waals surface area contributed by atoms with Crippen LogP contribution >= 0.6 is 11.3 Å². The van der Waals surface area contributed by atoms with Crippen LogP contribution in [-0.4, -0.2) is 61.9 Å². The Morgan fingerprint density at radius 3 is 2.90 bits per heavy atom. The minimum atomic E-state index is -0.348. The van der Waals surface area contributed by atoms with Crippen LogP contribution in [0.5, 0.6) is 0 Å². The zero-order chi connectivity index (χ0) is 20.6. The van der Waals surface area contributed by atoms with Crippen molar-refractivity contribution in [3.8, 4) is 10.4 Å². The molecule has 1 saturated heterocycles. The Bertz CT molecular complexity index is 851. The van der Waals surface area contributed by atoms with Gasteiger partial charge in [-0.05, 0) is 31.0 Å². The van der Waals surface area contributed by atoms with Gasteiger partial charge >= 0.3 is 12.0 Å². The van der Waals surface area contributed by atoms with Gasteiger partial charge in [0.25, 0.3) is 0 Å². The van der Waals surface area contributed by atoms with Crippen LogP contribution in [0, 0.1) is 6.92 Å². The Balaban J connectivity index is 1.60. The van der Waals surface area contributed by atoms with Crippen LogP contribution < -0.4 is 15.5 Å². The van der Waals surface area contributed by atoms with E-state index in [1.165, 1.54) is 18.4 Å². The van der Waals surface area contributed by atoms with Crippen LogP contribution in [0.25, 0.3) is 10.4 Å². The molecule has 2 aromatic rings. The summed E-state index contributed by atoms with van der Waals surface area (Å²) in [6.45, 7) is 5.34. The van der Waals surface area contributed by atoms with Crippen molar-refractivity contribution in [1.82, 2.24) is 15.3 Å². The van der Waals surface area contributed by atoms with Crippen molar-refractivity contribution < 1.29 is 19.1 Å². The number of carbonyl (C=O) groups excluding carboxylic acids is 2. The van der Waals surface area contributed by atoms with Gasteiger partial charge in [-0.25, -0.2) is 14.8 Å². The number of aromatic nitrogens is 2. The molecule has 0 radical (unpaired) electrons. The number of nitrogens with zero attached hydrogens (tertiary/aromatic N) is 3. The molecule has 1 fully saturated rings. The van der Waals surface area contributed by atoms with E-state index in [0.717, 1.165) is 35.0 Å². The van der Waals surface area contributed by atoms with Crippen LogP contribution in [-0.2, 0) is 14.3 Å². The minimum absolute atomic E-state index is 0.269. The molecule has 0 saturated carbocycles. The van der Waals surface area contributed by atoms with Gasteiger partial charge in [-0.2, -0.15) is 0 Å². The number of methoxy groups -OCH3 is 1. The van der Waals surface area contributed by atoms with E-state index in [2.05, 4.69) is 30.2 Å². The summed E-state index contributed by atoms with van der Waals surface area (Å²) in [5.41, 5.74) is 1.86. The summed E-state index contributed by atoms with van der Waals surface area (Å²) < 4.78 is 9.97. The molecule has 29 heavy (non-hydrogen) atoms. The molecule has 2 N–H and O–H groups in total. The molecule has 2 amide bonds. The fourth-order valence-corrected chi connectivity index (χ4v) is 3.88. The molecule has 0 aliphatic carbocycles. The number of urea groups is 1. The van der Waals surface area contributed by atoms with Gasteiger partial charge in [-0.1, -0.05) is 11.3 Å². The van der Waals surface area contributed by atoms with Gasteiger partial charge in [-0.15, -0.1) is 0 Å². The fraction of sp³-hybridized carbons (Fsp3) is 0.474. The lowest BCUT2D eigenvalue weighted by molar-refractivity contribution is -0.140. The first-order chi connectivity index (χ1) is 14.1. The Labute approximate surface area is 173 Å². The maximum Gasteiger partial charge on any atom is 0.321 e. The topological polar surface area (TPSA) is 106 Å². The smallest absolute Gasteiger partial charge is 0.321 e. The first-order valence-corrected chi connectivity index (χ1v) is 10.3. The molecule has 1 aliphatic heterocycles. The molecule has 1 aliphatic rings. The number of carbonyl (C=O) groups is 2. The Hall–Kier alpha value is -2.72. The monoisotopic (exact) mass is 419 g/mol. The molecular weight excluding hydrogens is 394 g/mol. The summed E-state index contributed by atoms with van der Waals surface area (Å²) in [6.07, 6.45) is 2.58. The zero-order valence-electron chi connectivity index (χ0n) is 16.6. The molecule has 0 aromatic carbocycles. The largest absolute Gasteiger partial charge is 0.469 e. The Morgan fingerprint density at radius 2 is 2.14 bits per heavy atom. The van der Waals surface area contributed by atoms with Gasteiger partial charge in [0.15, 0.2) is 5.13 Å².